The van der Waals surface area contributed by atoms with E-state index in [1.54, 1.807) is 7.05 Å². The number of nitrogens with zero attached hydrogens (tertiary/aromatic N) is 4. The topological polar surface area (TPSA) is 52.7 Å². The highest BCUT2D eigenvalue weighted by atomic mass is 32.2. The lowest BCUT2D eigenvalue weighted by atomic mass is 10.2. The van der Waals surface area contributed by atoms with Crippen molar-refractivity contribution in [1.82, 2.24) is 19.1 Å². The summed E-state index contributed by atoms with van der Waals surface area (Å²) in [7, 11) is 3.65. The summed E-state index contributed by atoms with van der Waals surface area (Å²) in [5, 5.41) is 0.709. The number of imidazole rings is 1. The van der Waals surface area contributed by atoms with E-state index in [9.17, 15) is 4.79 Å². The van der Waals surface area contributed by atoms with E-state index in [0.717, 1.165) is 16.9 Å². The zero-order valence-electron chi connectivity index (χ0n) is 11.5. The first kappa shape index (κ1) is 12.9. The van der Waals surface area contributed by atoms with Crippen LogP contribution in [0.1, 0.15) is 0 Å². The van der Waals surface area contributed by atoms with Crippen molar-refractivity contribution in [3.05, 3.63) is 40.8 Å². The number of benzene rings is 1. The van der Waals surface area contributed by atoms with Crippen molar-refractivity contribution in [1.29, 1.82) is 0 Å². The molecular weight excluding hydrogens is 272 g/mol. The number of rotatable bonds is 2. The van der Waals surface area contributed by atoms with Crippen LogP contribution in [0, 0.1) is 0 Å². The lowest BCUT2D eigenvalue weighted by Crippen LogP contribution is -2.21. The Morgan fingerprint density at radius 2 is 1.75 bits per heavy atom. The molecule has 0 amide bonds. The molecule has 0 spiro atoms. The molecule has 20 heavy (non-hydrogen) atoms. The Kier molecular flexibility index (Phi) is 3.10. The van der Waals surface area contributed by atoms with Gasteiger partial charge in [-0.15, -0.1) is 11.8 Å². The van der Waals surface area contributed by atoms with E-state index in [4.69, 9.17) is 0 Å². The number of hydrogen-bond donors (Lipinski definition) is 0. The van der Waals surface area contributed by atoms with Crippen LogP contribution >= 0.6 is 11.8 Å². The predicted octanol–water partition coefficient (Wildman–Crippen LogP) is 2.06. The molecule has 0 bridgehead atoms. The van der Waals surface area contributed by atoms with Crippen molar-refractivity contribution in [3.8, 4) is 11.4 Å². The van der Waals surface area contributed by atoms with Crippen LogP contribution in [-0.2, 0) is 14.1 Å². The average molecular weight is 286 g/mol. The van der Waals surface area contributed by atoms with Gasteiger partial charge in [0.15, 0.2) is 5.65 Å². The molecule has 0 unspecified atom stereocenters. The largest absolute Gasteiger partial charge is 0.350 e. The standard InChI is InChI=1S/C14H14N4OS/c1-17-10-12(18(2)14(19)16-13(10)20-3)15-11(17)9-7-5-4-6-8-9/h4-8H,1-3H3. The van der Waals surface area contributed by atoms with Gasteiger partial charge in [0.05, 0.1) is 0 Å². The van der Waals surface area contributed by atoms with Crippen molar-refractivity contribution < 1.29 is 0 Å². The Morgan fingerprint density at radius 1 is 1.05 bits per heavy atom. The van der Waals surface area contributed by atoms with E-state index in [0.29, 0.717) is 10.7 Å². The number of aromatic nitrogens is 4. The van der Waals surface area contributed by atoms with Crippen LogP contribution in [0.15, 0.2) is 40.2 Å². The number of hydrogen-bond acceptors (Lipinski definition) is 4. The molecule has 0 radical (unpaired) electrons. The summed E-state index contributed by atoms with van der Waals surface area (Å²) in [4.78, 5) is 20.6. The quantitative estimate of drug-likeness (QED) is 0.534. The van der Waals surface area contributed by atoms with E-state index >= 15 is 0 Å². The second-order valence-corrected chi connectivity index (χ2v) is 5.29. The summed E-state index contributed by atoms with van der Waals surface area (Å²) >= 11 is 1.46. The molecule has 3 rings (SSSR count). The van der Waals surface area contributed by atoms with Crippen molar-refractivity contribution in [2.45, 2.75) is 5.03 Å². The monoisotopic (exact) mass is 286 g/mol. The highest BCUT2D eigenvalue weighted by Gasteiger charge is 2.17. The maximum absolute atomic E-state index is 11.9. The molecule has 3 aromatic rings. The Bertz CT molecular complexity index is 836. The molecule has 5 nitrogen and oxygen atoms in total. The van der Waals surface area contributed by atoms with Crippen LogP contribution in [0.25, 0.3) is 22.6 Å². The Hall–Kier alpha value is -2.08. The number of fused-ring (bicyclic) bond motifs is 1. The molecule has 2 aromatic heterocycles. The van der Waals surface area contributed by atoms with Crippen LogP contribution in [0.4, 0.5) is 0 Å². The van der Waals surface area contributed by atoms with E-state index < -0.39 is 0 Å². The normalized spacial score (nSPS) is 11.2. The van der Waals surface area contributed by atoms with Crippen molar-refractivity contribution in [2.75, 3.05) is 6.26 Å². The third kappa shape index (κ3) is 1.84. The fraction of sp³-hybridized carbons (Fsp3) is 0.214. The summed E-state index contributed by atoms with van der Waals surface area (Å²) in [5.74, 6) is 0.832. The van der Waals surface area contributed by atoms with Crippen molar-refractivity contribution in [2.24, 2.45) is 14.1 Å². The van der Waals surface area contributed by atoms with Gasteiger partial charge in [-0.05, 0) is 6.26 Å². The minimum absolute atomic E-state index is 0.278. The van der Waals surface area contributed by atoms with Crippen LogP contribution in [0.2, 0.25) is 0 Å². The second kappa shape index (κ2) is 4.79. The first-order valence-electron chi connectivity index (χ1n) is 6.16. The fourth-order valence-corrected chi connectivity index (χ4v) is 2.84. The van der Waals surface area contributed by atoms with E-state index in [2.05, 4.69) is 9.97 Å². The second-order valence-electron chi connectivity index (χ2n) is 4.50. The Balaban J connectivity index is 2.41. The zero-order chi connectivity index (χ0) is 14.3. The maximum atomic E-state index is 11.9. The third-order valence-corrected chi connectivity index (χ3v) is 3.98. The summed E-state index contributed by atoms with van der Waals surface area (Å²) in [6, 6.07) is 9.93. The van der Waals surface area contributed by atoms with Crippen LogP contribution < -0.4 is 5.69 Å². The lowest BCUT2D eigenvalue weighted by molar-refractivity contribution is 0.811. The lowest BCUT2D eigenvalue weighted by Gasteiger charge is -2.04. The predicted molar refractivity (Wildman–Crippen MR) is 81.0 cm³/mol. The van der Waals surface area contributed by atoms with Gasteiger partial charge < -0.3 is 4.57 Å². The van der Waals surface area contributed by atoms with Gasteiger partial charge in [0.1, 0.15) is 16.4 Å². The van der Waals surface area contributed by atoms with E-state index in [1.165, 1.54) is 16.3 Å². The van der Waals surface area contributed by atoms with Crippen molar-refractivity contribution in [3.63, 3.8) is 0 Å². The molecule has 0 saturated carbocycles. The fourth-order valence-electron chi connectivity index (χ4n) is 2.25. The summed E-state index contributed by atoms with van der Waals surface area (Å²) < 4.78 is 3.48. The third-order valence-electron chi connectivity index (χ3n) is 3.31. The first-order chi connectivity index (χ1) is 9.63. The van der Waals surface area contributed by atoms with Crippen LogP contribution in [0.3, 0.4) is 0 Å². The zero-order valence-corrected chi connectivity index (χ0v) is 12.3. The first-order valence-corrected chi connectivity index (χ1v) is 7.39. The maximum Gasteiger partial charge on any atom is 0.350 e. The van der Waals surface area contributed by atoms with Gasteiger partial charge in [-0.2, -0.15) is 4.98 Å². The average Bonchev–Trinajstić information content (AvgIpc) is 2.82. The van der Waals surface area contributed by atoms with E-state index in [-0.39, 0.29) is 5.69 Å². The molecule has 2 heterocycles. The molecule has 6 heteroatoms. The minimum Gasteiger partial charge on any atom is -0.324 e. The number of aryl methyl sites for hydroxylation is 2. The van der Waals surface area contributed by atoms with Gasteiger partial charge in [0.2, 0.25) is 0 Å². The Labute approximate surface area is 120 Å². The molecule has 0 fully saturated rings. The molecule has 0 saturated heterocycles. The molecule has 102 valence electrons. The van der Waals surface area contributed by atoms with Crippen LogP contribution in [0.5, 0.6) is 0 Å². The minimum atomic E-state index is -0.278. The van der Waals surface area contributed by atoms with Crippen LogP contribution in [-0.4, -0.2) is 25.4 Å². The molecule has 0 N–H and O–H groups in total. The highest BCUT2D eigenvalue weighted by Crippen LogP contribution is 2.27. The van der Waals surface area contributed by atoms with Gasteiger partial charge in [-0.3, -0.25) is 4.57 Å². The number of thioether (sulfide) groups is 1. The van der Waals surface area contributed by atoms with Gasteiger partial charge in [0, 0.05) is 19.7 Å². The Morgan fingerprint density at radius 3 is 2.40 bits per heavy atom. The molecule has 0 aliphatic rings. The molecular formula is C14H14N4OS. The van der Waals surface area contributed by atoms with Gasteiger partial charge >= 0.3 is 5.69 Å². The summed E-state index contributed by atoms with van der Waals surface area (Å²) in [5.41, 5.74) is 2.29. The van der Waals surface area contributed by atoms with Gasteiger partial charge in [-0.25, -0.2) is 9.78 Å². The van der Waals surface area contributed by atoms with Crippen molar-refractivity contribution >= 4 is 22.9 Å². The summed E-state index contributed by atoms with van der Waals surface area (Å²) in [6.45, 7) is 0. The van der Waals surface area contributed by atoms with Gasteiger partial charge in [-0.1, -0.05) is 30.3 Å². The molecule has 0 aliphatic heterocycles. The molecule has 0 atom stereocenters. The SMILES string of the molecule is CSc1nc(=O)n(C)c2nc(-c3ccccc3)n(C)c12. The smallest absolute Gasteiger partial charge is 0.324 e. The van der Waals surface area contributed by atoms with Gasteiger partial charge in [0.25, 0.3) is 0 Å². The molecule has 0 aliphatic carbocycles. The highest BCUT2D eigenvalue weighted by molar-refractivity contribution is 7.98. The molecule has 1 aromatic carbocycles. The van der Waals surface area contributed by atoms with E-state index in [1.807, 2.05) is 48.2 Å². The summed E-state index contributed by atoms with van der Waals surface area (Å²) in [6.07, 6.45) is 1.91.